The summed E-state index contributed by atoms with van der Waals surface area (Å²) in [6, 6.07) is 8.65. The number of hydrogen-bond donors (Lipinski definition) is 2. The molecule has 1 atom stereocenters. The van der Waals surface area contributed by atoms with E-state index in [2.05, 4.69) is 53.6 Å². The van der Waals surface area contributed by atoms with E-state index in [0.29, 0.717) is 12.5 Å². The molecule has 1 heterocycles. The third kappa shape index (κ3) is 5.47. The van der Waals surface area contributed by atoms with E-state index in [4.69, 9.17) is 4.99 Å². The molecular formula is C22H34N4O. The minimum Gasteiger partial charge on any atom is -0.357 e. The van der Waals surface area contributed by atoms with Gasteiger partial charge in [0.2, 0.25) is 5.91 Å². The zero-order chi connectivity index (χ0) is 19.1. The Labute approximate surface area is 163 Å². The zero-order valence-corrected chi connectivity index (χ0v) is 16.8. The Morgan fingerprint density at radius 3 is 2.70 bits per heavy atom. The molecule has 0 spiro atoms. The molecule has 1 saturated heterocycles. The van der Waals surface area contributed by atoms with Gasteiger partial charge in [-0.15, -0.1) is 0 Å². The molecule has 1 aromatic carbocycles. The van der Waals surface area contributed by atoms with Gasteiger partial charge in [0.25, 0.3) is 0 Å². The average Bonchev–Trinajstić information content (AvgIpc) is 3.16. The van der Waals surface area contributed by atoms with Gasteiger partial charge in [-0.3, -0.25) is 4.79 Å². The first kappa shape index (κ1) is 19.7. The number of amides is 1. The summed E-state index contributed by atoms with van der Waals surface area (Å²) in [5, 5.41) is 6.88. The molecule has 1 aliphatic heterocycles. The fourth-order valence-corrected chi connectivity index (χ4v) is 4.15. The molecule has 2 aliphatic rings. The van der Waals surface area contributed by atoms with Gasteiger partial charge in [0.15, 0.2) is 5.96 Å². The number of likely N-dealkylation sites (tertiary alicyclic amines) is 1. The maximum absolute atomic E-state index is 12.8. The first-order chi connectivity index (χ1) is 13.2. The van der Waals surface area contributed by atoms with Gasteiger partial charge in [-0.05, 0) is 44.2 Å². The molecule has 1 amide bonds. The van der Waals surface area contributed by atoms with Crippen molar-refractivity contribution in [3.63, 3.8) is 0 Å². The third-order valence-electron chi connectivity index (χ3n) is 5.81. The standard InChI is InChI=1S/C22H34N4O/c1-3-23-22(24-15-19-12-8-7-9-17(19)2)25-20-13-14-26(16-20)21(27)18-10-5-4-6-11-18/h7-9,12,18,20H,3-6,10-11,13-16H2,1-2H3,(H2,23,24,25). The Morgan fingerprint density at radius 1 is 1.19 bits per heavy atom. The average molecular weight is 371 g/mol. The van der Waals surface area contributed by atoms with Crippen LogP contribution in [0.1, 0.15) is 56.6 Å². The quantitative estimate of drug-likeness (QED) is 0.618. The predicted molar refractivity (Wildman–Crippen MR) is 111 cm³/mol. The highest BCUT2D eigenvalue weighted by Crippen LogP contribution is 2.26. The highest BCUT2D eigenvalue weighted by molar-refractivity contribution is 5.81. The monoisotopic (exact) mass is 370 g/mol. The lowest BCUT2D eigenvalue weighted by atomic mass is 9.88. The normalized spacial score (nSPS) is 21.3. The van der Waals surface area contributed by atoms with E-state index >= 15 is 0 Å². The van der Waals surface area contributed by atoms with Gasteiger partial charge in [0.05, 0.1) is 6.54 Å². The van der Waals surface area contributed by atoms with Crippen LogP contribution in [0.25, 0.3) is 0 Å². The van der Waals surface area contributed by atoms with Crippen LogP contribution >= 0.6 is 0 Å². The topological polar surface area (TPSA) is 56.7 Å². The second-order valence-electron chi connectivity index (χ2n) is 7.87. The van der Waals surface area contributed by atoms with Crippen LogP contribution in [0.4, 0.5) is 0 Å². The number of carbonyl (C=O) groups is 1. The van der Waals surface area contributed by atoms with Gasteiger partial charge in [0.1, 0.15) is 0 Å². The highest BCUT2D eigenvalue weighted by atomic mass is 16.2. The van der Waals surface area contributed by atoms with Crippen LogP contribution in [0, 0.1) is 12.8 Å². The van der Waals surface area contributed by atoms with Gasteiger partial charge in [-0.2, -0.15) is 0 Å². The van der Waals surface area contributed by atoms with Crippen molar-refractivity contribution in [1.29, 1.82) is 0 Å². The lowest BCUT2D eigenvalue weighted by Crippen LogP contribution is -2.45. The van der Waals surface area contributed by atoms with Crippen molar-refractivity contribution in [1.82, 2.24) is 15.5 Å². The number of guanidine groups is 1. The van der Waals surface area contributed by atoms with E-state index in [0.717, 1.165) is 44.9 Å². The zero-order valence-electron chi connectivity index (χ0n) is 16.8. The lowest BCUT2D eigenvalue weighted by molar-refractivity contribution is -0.135. The van der Waals surface area contributed by atoms with Crippen molar-refractivity contribution in [2.45, 2.75) is 65.0 Å². The summed E-state index contributed by atoms with van der Waals surface area (Å²) in [6.07, 6.45) is 6.86. The van der Waals surface area contributed by atoms with Gasteiger partial charge >= 0.3 is 0 Å². The molecule has 2 fully saturated rings. The summed E-state index contributed by atoms with van der Waals surface area (Å²) >= 11 is 0. The van der Waals surface area contributed by atoms with Crippen LogP contribution in [0.5, 0.6) is 0 Å². The Balaban J connectivity index is 1.54. The Bertz CT molecular complexity index is 651. The van der Waals surface area contributed by atoms with Crippen molar-refractivity contribution < 1.29 is 4.79 Å². The molecule has 1 aliphatic carbocycles. The van der Waals surface area contributed by atoms with E-state index in [9.17, 15) is 4.79 Å². The number of benzene rings is 1. The molecule has 0 radical (unpaired) electrons. The van der Waals surface area contributed by atoms with Gasteiger partial charge in [0, 0.05) is 31.6 Å². The summed E-state index contributed by atoms with van der Waals surface area (Å²) in [7, 11) is 0. The number of hydrogen-bond acceptors (Lipinski definition) is 2. The molecule has 5 heteroatoms. The molecule has 0 aromatic heterocycles. The maximum Gasteiger partial charge on any atom is 0.225 e. The number of nitrogens with one attached hydrogen (secondary N) is 2. The Kier molecular flexibility index (Phi) is 7.13. The van der Waals surface area contributed by atoms with Crippen molar-refractivity contribution in [2.75, 3.05) is 19.6 Å². The minimum atomic E-state index is 0.264. The fraction of sp³-hybridized carbons (Fsp3) is 0.636. The molecule has 3 rings (SSSR count). The highest BCUT2D eigenvalue weighted by Gasteiger charge is 2.31. The second-order valence-corrected chi connectivity index (χ2v) is 7.87. The van der Waals surface area contributed by atoms with Crippen LogP contribution in [0.3, 0.4) is 0 Å². The van der Waals surface area contributed by atoms with Gasteiger partial charge in [-0.25, -0.2) is 4.99 Å². The smallest absolute Gasteiger partial charge is 0.225 e. The van der Waals surface area contributed by atoms with E-state index in [1.807, 2.05) is 0 Å². The fourth-order valence-electron chi connectivity index (χ4n) is 4.15. The van der Waals surface area contributed by atoms with Gasteiger partial charge in [-0.1, -0.05) is 43.5 Å². The number of aliphatic imine (C=N–C) groups is 1. The third-order valence-corrected chi connectivity index (χ3v) is 5.81. The van der Waals surface area contributed by atoms with Crippen molar-refractivity contribution in [3.8, 4) is 0 Å². The summed E-state index contributed by atoms with van der Waals surface area (Å²) in [4.78, 5) is 19.6. The van der Waals surface area contributed by atoms with Crippen molar-refractivity contribution in [2.24, 2.45) is 10.9 Å². The molecule has 1 unspecified atom stereocenters. The van der Waals surface area contributed by atoms with Crippen LogP contribution in [0.2, 0.25) is 0 Å². The summed E-state index contributed by atoms with van der Waals surface area (Å²) in [5.74, 6) is 1.49. The van der Waals surface area contributed by atoms with Crippen molar-refractivity contribution in [3.05, 3.63) is 35.4 Å². The van der Waals surface area contributed by atoms with Crippen LogP contribution in [-0.2, 0) is 11.3 Å². The lowest BCUT2D eigenvalue weighted by Gasteiger charge is -2.26. The number of aryl methyl sites for hydroxylation is 1. The summed E-state index contributed by atoms with van der Waals surface area (Å²) in [6.45, 7) is 7.36. The maximum atomic E-state index is 12.8. The molecule has 27 heavy (non-hydrogen) atoms. The first-order valence-electron chi connectivity index (χ1n) is 10.6. The first-order valence-corrected chi connectivity index (χ1v) is 10.6. The van der Waals surface area contributed by atoms with E-state index in [-0.39, 0.29) is 12.0 Å². The predicted octanol–water partition coefficient (Wildman–Crippen LogP) is 3.23. The summed E-state index contributed by atoms with van der Waals surface area (Å²) < 4.78 is 0. The molecule has 1 aromatic rings. The number of nitrogens with zero attached hydrogens (tertiary/aromatic N) is 2. The molecule has 0 bridgehead atoms. The van der Waals surface area contributed by atoms with E-state index in [1.54, 1.807) is 0 Å². The largest absolute Gasteiger partial charge is 0.357 e. The molecule has 5 nitrogen and oxygen atoms in total. The van der Waals surface area contributed by atoms with Gasteiger partial charge < -0.3 is 15.5 Å². The van der Waals surface area contributed by atoms with Crippen LogP contribution < -0.4 is 10.6 Å². The van der Waals surface area contributed by atoms with E-state index < -0.39 is 0 Å². The van der Waals surface area contributed by atoms with Crippen LogP contribution in [-0.4, -0.2) is 42.4 Å². The molecule has 148 valence electrons. The van der Waals surface area contributed by atoms with E-state index in [1.165, 1.54) is 30.4 Å². The molecular weight excluding hydrogens is 336 g/mol. The second kappa shape index (κ2) is 9.77. The Morgan fingerprint density at radius 2 is 1.96 bits per heavy atom. The molecule has 1 saturated carbocycles. The minimum absolute atomic E-state index is 0.264. The summed E-state index contributed by atoms with van der Waals surface area (Å²) in [5.41, 5.74) is 2.51. The SMILES string of the molecule is CCNC(=NCc1ccccc1C)NC1CCN(C(=O)C2CCCCC2)C1. The number of rotatable bonds is 5. The van der Waals surface area contributed by atoms with Crippen LogP contribution in [0.15, 0.2) is 29.3 Å². The molecule has 2 N–H and O–H groups in total. The Hall–Kier alpha value is -2.04. The number of carbonyl (C=O) groups excluding carboxylic acids is 1. The van der Waals surface area contributed by atoms with Crippen molar-refractivity contribution >= 4 is 11.9 Å².